The van der Waals surface area contributed by atoms with Crippen LogP contribution in [0.4, 0.5) is 14.5 Å². The zero-order valence-corrected chi connectivity index (χ0v) is 15.7. The van der Waals surface area contributed by atoms with E-state index < -0.39 is 11.5 Å². The first kappa shape index (κ1) is 20.7. The van der Waals surface area contributed by atoms with Crippen LogP contribution >= 0.6 is 0 Å². The van der Waals surface area contributed by atoms with Crippen LogP contribution in [-0.4, -0.2) is 29.0 Å². The molecule has 0 bridgehead atoms. The molecule has 3 rings (SSSR count). The fourth-order valence-corrected chi connectivity index (χ4v) is 2.79. The number of ether oxygens (including phenoxy) is 2. The highest BCUT2D eigenvalue weighted by molar-refractivity contribution is 6.07. The lowest BCUT2D eigenvalue weighted by molar-refractivity contribution is -0.384. The van der Waals surface area contributed by atoms with E-state index in [4.69, 9.17) is 4.74 Å². The number of methoxy groups -OCH3 is 1. The maximum Gasteiger partial charge on any atom is 0.387 e. The molecule has 3 aromatic rings. The Balaban J connectivity index is 1.84. The Morgan fingerprint density at radius 1 is 1.13 bits per heavy atom. The normalized spacial score (nSPS) is 11.1. The number of non-ortho nitro benzene ring substituents is 1. The molecule has 154 valence electrons. The molecule has 2 aromatic carbocycles. The molecule has 9 heteroatoms. The second-order valence-electron chi connectivity index (χ2n) is 6.02. The maximum absolute atomic E-state index is 12.5. The van der Waals surface area contributed by atoms with E-state index in [1.165, 1.54) is 43.5 Å². The van der Waals surface area contributed by atoms with Gasteiger partial charge in [0.15, 0.2) is 17.3 Å². The molecule has 1 aromatic heterocycles. The second-order valence-corrected chi connectivity index (χ2v) is 6.02. The third-order valence-corrected chi connectivity index (χ3v) is 4.17. The molecule has 30 heavy (non-hydrogen) atoms. The smallest absolute Gasteiger partial charge is 0.387 e. The topological polar surface area (TPSA) is 83.6 Å². The number of halogens is 2. The summed E-state index contributed by atoms with van der Waals surface area (Å²) >= 11 is 0. The van der Waals surface area contributed by atoms with Crippen molar-refractivity contribution in [3.8, 4) is 17.2 Å². The predicted octanol–water partition coefficient (Wildman–Crippen LogP) is 4.89. The molecule has 0 saturated heterocycles. The summed E-state index contributed by atoms with van der Waals surface area (Å²) in [6.07, 6.45) is 4.57. The van der Waals surface area contributed by atoms with Crippen LogP contribution in [0.1, 0.15) is 16.1 Å². The van der Waals surface area contributed by atoms with E-state index in [9.17, 15) is 23.7 Å². The van der Waals surface area contributed by atoms with Crippen molar-refractivity contribution in [2.45, 2.75) is 6.61 Å². The van der Waals surface area contributed by atoms with Gasteiger partial charge in [0, 0.05) is 29.6 Å². The van der Waals surface area contributed by atoms with Crippen LogP contribution in [0.3, 0.4) is 0 Å². The number of nitrogens with zero attached hydrogens (tertiary/aromatic N) is 2. The van der Waals surface area contributed by atoms with Crippen molar-refractivity contribution in [3.63, 3.8) is 0 Å². The lowest BCUT2D eigenvalue weighted by Crippen LogP contribution is -2.04. The lowest BCUT2D eigenvalue weighted by atomic mass is 10.1. The molecule has 0 aliphatic heterocycles. The predicted molar refractivity (Wildman–Crippen MR) is 105 cm³/mol. The summed E-state index contributed by atoms with van der Waals surface area (Å²) in [6.45, 7) is -3.01. The summed E-state index contributed by atoms with van der Waals surface area (Å²) in [5.74, 6) is -0.550. The van der Waals surface area contributed by atoms with Crippen molar-refractivity contribution in [1.29, 1.82) is 0 Å². The number of hydrogen-bond donors (Lipinski definition) is 0. The van der Waals surface area contributed by atoms with E-state index in [2.05, 4.69) is 4.74 Å². The highest BCUT2D eigenvalue weighted by Crippen LogP contribution is 2.30. The van der Waals surface area contributed by atoms with Gasteiger partial charge < -0.3 is 14.0 Å². The number of nitro groups is 1. The molecule has 0 spiro atoms. The molecule has 0 fully saturated rings. The van der Waals surface area contributed by atoms with E-state index in [0.29, 0.717) is 11.4 Å². The van der Waals surface area contributed by atoms with Gasteiger partial charge in [-0.25, -0.2) is 0 Å². The maximum atomic E-state index is 12.5. The largest absolute Gasteiger partial charge is 0.493 e. The van der Waals surface area contributed by atoms with E-state index in [1.54, 1.807) is 41.1 Å². The molecule has 0 amide bonds. The van der Waals surface area contributed by atoms with Gasteiger partial charge in [0.05, 0.1) is 17.7 Å². The minimum Gasteiger partial charge on any atom is -0.493 e. The summed E-state index contributed by atoms with van der Waals surface area (Å²) < 4.78 is 35.9. The van der Waals surface area contributed by atoms with Crippen LogP contribution in [0.25, 0.3) is 11.8 Å². The van der Waals surface area contributed by atoms with Gasteiger partial charge >= 0.3 is 6.61 Å². The Kier molecular flexibility index (Phi) is 6.21. The number of aromatic nitrogens is 1. The van der Waals surface area contributed by atoms with Crippen LogP contribution < -0.4 is 9.47 Å². The van der Waals surface area contributed by atoms with Crippen LogP contribution in [0, 0.1) is 10.1 Å². The number of ketones is 1. The Morgan fingerprint density at radius 3 is 2.63 bits per heavy atom. The molecule has 0 unspecified atom stereocenters. The zero-order chi connectivity index (χ0) is 21.7. The van der Waals surface area contributed by atoms with Gasteiger partial charge in [0.25, 0.3) is 5.69 Å². The van der Waals surface area contributed by atoms with Crippen molar-refractivity contribution in [2.24, 2.45) is 0 Å². The fourth-order valence-electron chi connectivity index (χ4n) is 2.79. The van der Waals surface area contributed by atoms with Crippen LogP contribution in [-0.2, 0) is 0 Å². The van der Waals surface area contributed by atoms with Crippen LogP contribution in [0.15, 0.2) is 66.9 Å². The summed E-state index contributed by atoms with van der Waals surface area (Å²) in [4.78, 5) is 23.0. The first-order chi connectivity index (χ1) is 14.4. The number of nitro benzene ring substituents is 1. The molecule has 0 aliphatic carbocycles. The Morgan fingerprint density at radius 2 is 1.93 bits per heavy atom. The number of carbonyl (C=O) groups excluding carboxylic acids is 1. The number of hydrogen-bond acceptors (Lipinski definition) is 5. The molecule has 0 N–H and O–H groups in total. The summed E-state index contributed by atoms with van der Waals surface area (Å²) in [7, 11) is 1.28. The van der Waals surface area contributed by atoms with Crippen molar-refractivity contribution in [1.82, 2.24) is 4.57 Å². The fraction of sp³-hybridized carbons (Fsp3) is 0.0952. The van der Waals surface area contributed by atoms with Gasteiger partial charge in [-0.05, 0) is 48.6 Å². The average molecular weight is 414 g/mol. The van der Waals surface area contributed by atoms with E-state index in [-0.39, 0.29) is 28.5 Å². The highest BCUT2D eigenvalue weighted by atomic mass is 19.3. The Labute approximate surface area is 169 Å². The molecular formula is C21H16F2N2O5. The standard InChI is InChI=1S/C21H16F2N2O5/c1-29-20-12-14(7-10-19(20)30-21(22)23)18(26)9-8-15-6-3-11-24(15)16-4-2-5-17(13-16)25(27)28/h2-13,21H,1H3/b9-8+. The third-order valence-electron chi connectivity index (χ3n) is 4.17. The average Bonchev–Trinajstić information content (AvgIpc) is 3.20. The van der Waals surface area contributed by atoms with E-state index in [1.807, 2.05) is 0 Å². The lowest BCUT2D eigenvalue weighted by Gasteiger charge is -2.10. The van der Waals surface area contributed by atoms with Crippen molar-refractivity contribution >= 4 is 17.5 Å². The van der Waals surface area contributed by atoms with Crippen molar-refractivity contribution in [3.05, 3.63) is 88.2 Å². The van der Waals surface area contributed by atoms with Crippen molar-refractivity contribution in [2.75, 3.05) is 7.11 Å². The number of benzene rings is 2. The van der Waals surface area contributed by atoms with E-state index in [0.717, 1.165) is 0 Å². The summed E-state index contributed by atoms with van der Waals surface area (Å²) in [5.41, 5.74) is 1.36. The summed E-state index contributed by atoms with van der Waals surface area (Å²) in [5, 5.41) is 11.0. The van der Waals surface area contributed by atoms with Crippen LogP contribution in [0.5, 0.6) is 11.5 Å². The minimum atomic E-state index is -3.01. The number of allylic oxidation sites excluding steroid dienone is 1. The minimum absolute atomic E-state index is 0.00882. The number of carbonyl (C=O) groups is 1. The van der Waals surface area contributed by atoms with Gasteiger partial charge in [0.1, 0.15) is 0 Å². The monoisotopic (exact) mass is 414 g/mol. The van der Waals surface area contributed by atoms with Crippen LogP contribution in [0.2, 0.25) is 0 Å². The van der Waals surface area contributed by atoms with Gasteiger partial charge in [-0.2, -0.15) is 8.78 Å². The van der Waals surface area contributed by atoms with Gasteiger partial charge in [0.2, 0.25) is 0 Å². The molecular weight excluding hydrogens is 398 g/mol. The van der Waals surface area contributed by atoms with Gasteiger partial charge in [-0.15, -0.1) is 0 Å². The Bertz CT molecular complexity index is 1110. The highest BCUT2D eigenvalue weighted by Gasteiger charge is 2.13. The molecule has 1 heterocycles. The van der Waals surface area contributed by atoms with Crippen molar-refractivity contribution < 1.29 is 28.0 Å². The molecule has 0 aliphatic rings. The second kappa shape index (κ2) is 8.99. The number of alkyl halides is 2. The molecule has 0 saturated carbocycles. The first-order valence-corrected chi connectivity index (χ1v) is 8.66. The third kappa shape index (κ3) is 4.69. The summed E-state index contributed by atoms with van der Waals surface area (Å²) in [6, 6.07) is 13.5. The van der Waals surface area contributed by atoms with Gasteiger partial charge in [-0.3, -0.25) is 14.9 Å². The molecule has 7 nitrogen and oxygen atoms in total. The SMILES string of the molecule is COc1cc(C(=O)/C=C/c2cccn2-c2cccc([N+](=O)[O-])c2)ccc1OC(F)F. The zero-order valence-electron chi connectivity index (χ0n) is 15.7. The van der Waals surface area contributed by atoms with Gasteiger partial charge in [-0.1, -0.05) is 6.07 Å². The first-order valence-electron chi connectivity index (χ1n) is 8.66. The van der Waals surface area contributed by atoms with E-state index >= 15 is 0 Å². The number of rotatable bonds is 8. The quantitative estimate of drug-likeness (QED) is 0.227. The molecule has 0 radical (unpaired) electrons. The molecule has 0 atom stereocenters. The Hall–Kier alpha value is -4.01.